The Morgan fingerprint density at radius 2 is 1.85 bits per heavy atom. The third-order valence-corrected chi connectivity index (χ3v) is 7.72. The Labute approximate surface area is 159 Å². The summed E-state index contributed by atoms with van der Waals surface area (Å²) < 4.78 is 67.4. The summed E-state index contributed by atoms with van der Waals surface area (Å²) in [5.74, 6) is -0.770. The third kappa shape index (κ3) is 4.08. The lowest BCUT2D eigenvalue weighted by atomic mass is 10.0. The van der Waals surface area contributed by atoms with Gasteiger partial charge in [-0.25, -0.2) is 21.2 Å². The number of sulfonamides is 2. The maximum atomic E-state index is 13.8. The van der Waals surface area contributed by atoms with Gasteiger partial charge in [-0.15, -0.1) is 0 Å². The Morgan fingerprint density at radius 1 is 1.11 bits per heavy atom. The van der Waals surface area contributed by atoms with E-state index in [1.54, 1.807) is 12.1 Å². The van der Waals surface area contributed by atoms with Crippen LogP contribution in [0.3, 0.4) is 0 Å². The largest absolute Gasteiger partial charge is 0.280 e. The zero-order chi connectivity index (χ0) is 19.7. The summed E-state index contributed by atoms with van der Waals surface area (Å²) >= 11 is 0. The van der Waals surface area contributed by atoms with Gasteiger partial charge in [0.25, 0.3) is 10.0 Å². The molecule has 146 valence electrons. The summed E-state index contributed by atoms with van der Waals surface area (Å²) in [5.41, 5.74) is 1.59. The predicted molar refractivity (Wildman–Crippen MR) is 103 cm³/mol. The Hall–Kier alpha value is -2.13. The van der Waals surface area contributed by atoms with Gasteiger partial charge in [0, 0.05) is 12.2 Å². The van der Waals surface area contributed by atoms with Crippen LogP contribution in [0.1, 0.15) is 25.3 Å². The van der Waals surface area contributed by atoms with Gasteiger partial charge in [0.2, 0.25) is 10.0 Å². The smallest absolute Gasteiger partial charge is 0.264 e. The lowest BCUT2D eigenvalue weighted by Crippen LogP contribution is -2.37. The fourth-order valence-electron chi connectivity index (χ4n) is 3.16. The first-order chi connectivity index (χ1) is 12.7. The average Bonchev–Trinajstić information content (AvgIpc) is 2.61. The molecule has 2 aromatic rings. The van der Waals surface area contributed by atoms with E-state index in [-0.39, 0.29) is 11.4 Å². The van der Waals surface area contributed by atoms with E-state index >= 15 is 0 Å². The fraction of sp³-hybridized carbons (Fsp3) is 0.333. The van der Waals surface area contributed by atoms with Gasteiger partial charge in [-0.3, -0.25) is 9.03 Å². The van der Waals surface area contributed by atoms with Crippen molar-refractivity contribution in [2.75, 3.05) is 21.3 Å². The van der Waals surface area contributed by atoms with Crippen molar-refractivity contribution in [2.24, 2.45) is 0 Å². The van der Waals surface area contributed by atoms with Gasteiger partial charge in [0.05, 0.1) is 11.4 Å². The Morgan fingerprint density at radius 3 is 2.56 bits per heavy atom. The highest BCUT2D eigenvalue weighted by Crippen LogP contribution is 2.32. The molecule has 0 aliphatic carbocycles. The van der Waals surface area contributed by atoms with Gasteiger partial charge in [-0.2, -0.15) is 0 Å². The molecule has 1 N–H and O–H groups in total. The van der Waals surface area contributed by atoms with Crippen molar-refractivity contribution >= 4 is 31.4 Å². The molecule has 0 saturated heterocycles. The first-order valence-electron chi connectivity index (χ1n) is 8.65. The van der Waals surface area contributed by atoms with Gasteiger partial charge in [-0.1, -0.05) is 19.1 Å². The van der Waals surface area contributed by atoms with Crippen LogP contribution in [0.4, 0.5) is 15.8 Å². The van der Waals surface area contributed by atoms with Crippen LogP contribution < -0.4 is 9.03 Å². The first-order valence-corrected chi connectivity index (χ1v) is 11.7. The first kappa shape index (κ1) is 19.6. The van der Waals surface area contributed by atoms with Crippen LogP contribution in [-0.2, 0) is 26.5 Å². The van der Waals surface area contributed by atoms with Gasteiger partial charge in [-0.05, 0) is 55.2 Å². The average molecular weight is 413 g/mol. The number of anilines is 2. The monoisotopic (exact) mass is 412 g/mol. The van der Waals surface area contributed by atoms with E-state index in [0.29, 0.717) is 31.5 Å². The molecule has 1 heterocycles. The zero-order valence-electron chi connectivity index (χ0n) is 14.9. The number of rotatable bonds is 6. The van der Waals surface area contributed by atoms with Crippen LogP contribution in [0.25, 0.3) is 0 Å². The Kier molecular flexibility index (Phi) is 5.43. The van der Waals surface area contributed by atoms with Gasteiger partial charge in [0.15, 0.2) is 0 Å². The van der Waals surface area contributed by atoms with Crippen molar-refractivity contribution in [3.8, 4) is 0 Å². The standard InChI is InChI=1S/C18H21FN2O4S2/c1-2-12-26(22,23)21-11-5-6-14-13-15(9-10-17(14)21)20-27(24,25)18-8-4-3-7-16(18)19/h3-4,7-10,13,20H,2,5-6,11-12H2,1H3. The summed E-state index contributed by atoms with van der Waals surface area (Å²) in [4.78, 5) is -0.435. The fourth-order valence-corrected chi connectivity index (χ4v) is 5.91. The van der Waals surface area contributed by atoms with E-state index < -0.39 is 30.8 Å². The SMILES string of the molecule is CCCS(=O)(=O)N1CCCc2cc(NS(=O)(=O)c3ccccc3F)ccc21. The maximum absolute atomic E-state index is 13.8. The molecule has 0 saturated carbocycles. The normalized spacial score (nSPS) is 14.7. The molecule has 0 fully saturated rings. The summed E-state index contributed by atoms with van der Waals surface area (Å²) in [6.07, 6.45) is 1.82. The molecule has 0 aromatic heterocycles. The van der Waals surface area contributed by atoms with Crippen LogP contribution in [-0.4, -0.2) is 29.1 Å². The minimum Gasteiger partial charge on any atom is -0.280 e. The quantitative estimate of drug-likeness (QED) is 0.790. The highest BCUT2D eigenvalue weighted by atomic mass is 32.2. The molecule has 0 unspecified atom stereocenters. The van der Waals surface area contributed by atoms with Crippen molar-refractivity contribution < 1.29 is 21.2 Å². The highest BCUT2D eigenvalue weighted by Gasteiger charge is 2.27. The number of halogens is 1. The van der Waals surface area contributed by atoms with E-state index in [9.17, 15) is 21.2 Å². The summed E-state index contributed by atoms with van der Waals surface area (Å²) in [6, 6.07) is 9.84. The number of nitrogens with one attached hydrogen (secondary N) is 1. The van der Waals surface area contributed by atoms with E-state index in [0.717, 1.165) is 11.6 Å². The lowest BCUT2D eigenvalue weighted by molar-refractivity contribution is 0.570. The topological polar surface area (TPSA) is 83.6 Å². The second-order valence-electron chi connectivity index (χ2n) is 6.37. The van der Waals surface area contributed by atoms with Crippen molar-refractivity contribution in [1.82, 2.24) is 0 Å². The summed E-state index contributed by atoms with van der Waals surface area (Å²) in [7, 11) is -7.48. The van der Waals surface area contributed by atoms with Crippen molar-refractivity contribution in [3.63, 3.8) is 0 Å². The molecule has 3 rings (SSSR count). The van der Waals surface area contributed by atoms with Crippen molar-refractivity contribution in [3.05, 3.63) is 53.8 Å². The van der Waals surface area contributed by atoms with Gasteiger partial charge >= 0.3 is 0 Å². The van der Waals surface area contributed by atoms with Crippen LogP contribution in [0.5, 0.6) is 0 Å². The molecule has 0 atom stereocenters. The molecule has 0 radical (unpaired) electrons. The number of hydrogen-bond acceptors (Lipinski definition) is 4. The number of aryl methyl sites for hydroxylation is 1. The van der Waals surface area contributed by atoms with Crippen LogP contribution in [0.2, 0.25) is 0 Å². The predicted octanol–water partition coefficient (Wildman–Crippen LogP) is 3.12. The summed E-state index contributed by atoms with van der Waals surface area (Å²) in [5, 5.41) is 0. The van der Waals surface area contributed by atoms with E-state index in [1.165, 1.54) is 28.6 Å². The number of nitrogens with zero attached hydrogens (tertiary/aromatic N) is 1. The molecular weight excluding hydrogens is 391 g/mol. The van der Waals surface area contributed by atoms with E-state index in [1.807, 2.05) is 6.92 Å². The molecule has 0 amide bonds. The minimum absolute atomic E-state index is 0.0636. The number of fused-ring (bicyclic) bond motifs is 1. The highest BCUT2D eigenvalue weighted by molar-refractivity contribution is 7.93. The number of hydrogen-bond donors (Lipinski definition) is 1. The van der Waals surface area contributed by atoms with Crippen LogP contribution >= 0.6 is 0 Å². The number of benzene rings is 2. The van der Waals surface area contributed by atoms with Gasteiger partial charge in [0.1, 0.15) is 10.7 Å². The second-order valence-corrected chi connectivity index (χ2v) is 10.0. The molecule has 27 heavy (non-hydrogen) atoms. The second kappa shape index (κ2) is 7.47. The lowest BCUT2D eigenvalue weighted by Gasteiger charge is -2.30. The molecule has 1 aliphatic heterocycles. The van der Waals surface area contributed by atoms with Crippen molar-refractivity contribution in [1.29, 1.82) is 0 Å². The third-order valence-electron chi connectivity index (χ3n) is 4.33. The van der Waals surface area contributed by atoms with Crippen LogP contribution in [0.15, 0.2) is 47.4 Å². The molecule has 6 nitrogen and oxygen atoms in total. The van der Waals surface area contributed by atoms with Crippen LogP contribution in [0, 0.1) is 5.82 Å². The molecule has 0 bridgehead atoms. The minimum atomic E-state index is -4.08. The summed E-state index contributed by atoms with van der Waals surface area (Å²) in [6.45, 7) is 2.22. The van der Waals surface area contributed by atoms with Gasteiger partial charge < -0.3 is 0 Å². The maximum Gasteiger partial charge on any atom is 0.264 e. The molecule has 1 aliphatic rings. The molecular formula is C18H21FN2O4S2. The Balaban J connectivity index is 1.92. The molecule has 2 aromatic carbocycles. The Bertz CT molecular complexity index is 1050. The van der Waals surface area contributed by atoms with E-state index in [2.05, 4.69) is 4.72 Å². The van der Waals surface area contributed by atoms with E-state index in [4.69, 9.17) is 0 Å². The molecule has 0 spiro atoms. The zero-order valence-corrected chi connectivity index (χ0v) is 16.5. The van der Waals surface area contributed by atoms with Crippen molar-refractivity contribution in [2.45, 2.75) is 31.1 Å². The molecule has 9 heteroatoms.